The van der Waals surface area contributed by atoms with E-state index in [1.54, 1.807) is 13.1 Å². The van der Waals surface area contributed by atoms with Crippen LogP contribution in [0.15, 0.2) is 42.6 Å². The molecule has 1 saturated heterocycles. The van der Waals surface area contributed by atoms with E-state index in [2.05, 4.69) is 39.0 Å². The van der Waals surface area contributed by atoms with E-state index >= 15 is 0 Å². The van der Waals surface area contributed by atoms with Crippen molar-refractivity contribution in [1.29, 1.82) is 0 Å². The van der Waals surface area contributed by atoms with Crippen molar-refractivity contribution >= 4 is 23.5 Å². The lowest BCUT2D eigenvalue weighted by atomic mass is 9.74. The molecule has 3 amide bonds. The summed E-state index contributed by atoms with van der Waals surface area (Å²) in [5.41, 5.74) is 3.53. The minimum atomic E-state index is -0.337. The van der Waals surface area contributed by atoms with Gasteiger partial charge in [-0.3, -0.25) is 14.4 Å². The summed E-state index contributed by atoms with van der Waals surface area (Å²) in [6, 6.07) is 12.3. The van der Waals surface area contributed by atoms with Crippen molar-refractivity contribution < 1.29 is 14.4 Å². The molecule has 2 aromatic rings. The molecule has 7 nitrogen and oxygen atoms in total. The molecular formula is C26H32N4O3. The van der Waals surface area contributed by atoms with Crippen molar-refractivity contribution in [2.24, 2.45) is 0 Å². The van der Waals surface area contributed by atoms with Crippen LogP contribution in [0.4, 0.5) is 5.82 Å². The quantitative estimate of drug-likeness (QED) is 0.719. The van der Waals surface area contributed by atoms with Gasteiger partial charge in [0.1, 0.15) is 5.82 Å². The van der Waals surface area contributed by atoms with Gasteiger partial charge in [0.2, 0.25) is 17.7 Å². The molecule has 1 fully saturated rings. The van der Waals surface area contributed by atoms with Gasteiger partial charge in [-0.1, -0.05) is 24.3 Å². The summed E-state index contributed by atoms with van der Waals surface area (Å²) in [7, 11) is 0. The number of amides is 3. The van der Waals surface area contributed by atoms with Gasteiger partial charge in [-0.15, -0.1) is 0 Å². The Morgan fingerprint density at radius 2 is 1.70 bits per heavy atom. The standard InChI is InChI=1S/C26H32N4O3/c1-19(31)29-15-10-23-6-4-5-7-24(23)26(29)11-16-28(17-12-26)14-9-22-8-13-27-25(18-22)30(20(2)32)21(3)33/h4-8,13,18H,9-12,14-17H2,1-3H3. The molecule has 0 saturated carbocycles. The fourth-order valence-electron chi connectivity index (χ4n) is 5.50. The first kappa shape index (κ1) is 23.1. The van der Waals surface area contributed by atoms with Crippen LogP contribution in [0.1, 0.15) is 50.3 Å². The predicted octanol–water partition coefficient (Wildman–Crippen LogP) is 2.92. The van der Waals surface area contributed by atoms with Gasteiger partial charge in [0.15, 0.2) is 0 Å². The first-order valence-corrected chi connectivity index (χ1v) is 11.7. The van der Waals surface area contributed by atoms with Gasteiger partial charge in [-0.25, -0.2) is 9.88 Å². The van der Waals surface area contributed by atoms with Gasteiger partial charge in [-0.05, 0) is 54.5 Å². The number of carbonyl (C=O) groups excluding carboxylic acids is 3. The van der Waals surface area contributed by atoms with Gasteiger partial charge in [0.05, 0.1) is 5.54 Å². The Labute approximate surface area is 195 Å². The molecule has 0 aliphatic carbocycles. The summed E-state index contributed by atoms with van der Waals surface area (Å²) >= 11 is 0. The average molecular weight is 449 g/mol. The van der Waals surface area contributed by atoms with Crippen LogP contribution < -0.4 is 4.90 Å². The van der Waals surface area contributed by atoms with Crippen molar-refractivity contribution in [2.75, 3.05) is 31.1 Å². The molecule has 0 N–H and O–H groups in total. The Morgan fingerprint density at radius 1 is 1.00 bits per heavy atom. The number of benzene rings is 1. The smallest absolute Gasteiger partial charge is 0.231 e. The number of hydrogen-bond acceptors (Lipinski definition) is 5. The van der Waals surface area contributed by atoms with E-state index < -0.39 is 0 Å². The Hall–Kier alpha value is -3.06. The van der Waals surface area contributed by atoms with Crippen LogP contribution in [0.25, 0.3) is 0 Å². The molecular weight excluding hydrogens is 416 g/mol. The van der Waals surface area contributed by atoms with Crippen LogP contribution >= 0.6 is 0 Å². The molecule has 3 heterocycles. The monoisotopic (exact) mass is 448 g/mol. The maximum atomic E-state index is 12.5. The zero-order valence-electron chi connectivity index (χ0n) is 19.7. The largest absolute Gasteiger partial charge is 0.333 e. The molecule has 2 aliphatic rings. The van der Waals surface area contributed by atoms with E-state index in [4.69, 9.17) is 0 Å². The zero-order valence-corrected chi connectivity index (χ0v) is 19.7. The Balaban J connectivity index is 1.44. The molecule has 0 bridgehead atoms. The molecule has 1 spiro atoms. The fourth-order valence-corrected chi connectivity index (χ4v) is 5.50. The number of pyridine rings is 1. The van der Waals surface area contributed by atoms with Gasteiger partial charge in [-0.2, -0.15) is 0 Å². The molecule has 2 aliphatic heterocycles. The summed E-state index contributed by atoms with van der Waals surface area (Å²) in [6.45, 7) is 7.93. The topological polar surface area (TPSA) is 73.8 Å². The lowest BCUT2D eigenvalue weighted by Crippen LogP contribution is -2.57. The number of imide groups is 1. The molecule has 0 unspecified atom stereocenters. The van der Waals surface area contributed by atoms with Crippen LogP contribution in [0.3, 0.4) is 0 Å². The number of likely N-dealkylation sites (tertiary alicyclic amines) is 1. The molecule has 1 aromatic carbocycles. The number of nitrogens with zero attached hydrogens (tertiary/aromatic N) is 4. The fraction of sp³-hybridized carbons (Fsp3) is 0.462. The highest BCUT2D eigenvalue weighted by Gasteiger charge is 2.45. The van der Waals surface area contributed by atoms with Crippen LogP contribution in [-0.2, 0) is 32.8 Å². The number of aromatic nitrogens is 1. The minimum Gasteiger partial charge on any atom is -0.333 e. The summed E-state index contributed by atoms with van der Waals surface area (Å²) in [6.07, 6.45) is 5.22. The summed E-state index contributed by atoms with van der Waals surface area (Å²) in [4.78, 5) is 46.0. The van der Waals surface area contributed by atoms with Gasteiger partial charge in [0, 0.05) is 53.1 Å². The third-order valence-electron chi connectivity index (χ3n) is 7.09. The Kier molecular flexibility index (Phi) is 6.61. The maximum Gasteiger partial charge on any atom is 0.231 e. The zero-order chi connectivity index (χ0) is 23.6. The first-order chi connectivity index (χ1) is 15.8. The number of piperidine rings is 1. The van der Waals surface area contributed by atoms with Gasteiger partial charge in [0.25, 0.3) is 0 Å². The molecule has 1 aromatic heterocycles. The molecule has 4 rings (SSSR count). The Morgan fingerprint density at radius 3 is 2.36 bits per heavy atom. The second kappa shape index (κ2) is 9.43. The maximum absolute atomic E-state index is 12.5. The number of hydrogen-bond donors (Lipinski definition) is 0. The van der Waals surface area contributed by atoms with E-state index in [-0.39, 0.29) is 23.3 Å². The van der Waals surface area contributed by atoms with E-state index in [0.717, 1.165) is 62.3 Å². The van der Waals surface area contributed by atoms with Crippen LogP contribution in [0.5, 0.6) is 0 Å². The highest BCUT2D eigenvalue weighted by atomic mass is 16.2. The predicted molar refractivity (Wildman–Crippen MR) is 127 cm³/mol. The third kappa shape index (κ3) is 4.55. The second-order valence-corrected chi connectivity index (χ2v) is 9.10. The highest BCUT2D eigenvalue weighted by molar-refractivity contribution is 6.12. The molecule has 33 heavy (non-hydrogen) atoms. The number of rotatable bonds is 4. The summed E-state index contributed by atoms with van der Waals surface area (Å²) in [5.74, 6) is -0.142. The number of fused-ring (bicyclic) bond motifs is 2. The van der Waals surface area contributed by atoms with Crippen molar-refractivity contribution in [1.82, 2.24) is 14.8 Å². The van der Waals surface area contributed by atoms with Crippen molar-refractivity contribution in [2.45, 2.75) is 52.0 Å². The number of carbonyl (C=O) groups is 3. The van der Waals surface area contributed by atoms with Crippen molar-refractivity contribution in [3.63, 3.8) is 0 Å². The van der Waals surface area contributed by atoms with E-state index in [1.807, 2.05) is 12.1 Å². The van der Waals surface area contributed by atoms with Gasteiger partial charge >= 0.3 is 0 Å². The lowest BCUT2D eigenvalue weighted by molar-refractivity contribution is -0.139. The normalized spacial score (nSPS) is 17.5. The molecule has 0 atom stereocenters. The third-order valence-corrected chi connectivity index (χ3v) is 7.09. The lowest BCUT2D eigenvalue weighted by Gasteiger charge is -2.52. The first-order valence-electron chi connectivity index (χ1n) is 11.7. The molecule has 7 heteroatoms. The van der Waals surface area contributed by atoms with Crippen LogP contribution in [-0.4, -0.2) is 58.7 Å². The highest BCUT2D eigenvalue weighted by Crippen LogP contribution is 2.43. The summed E-state index contributed by atoms with van der Waals surface area (Å²) in [5, 5.41) is 0. The molecule has 0 radical (unpaired) electrons. The van der Waals surface area contributed by atoms with Crippen LogP contribution in [0.2, 0.25) is 0 Å². The second-order valence-electron chi connectivity index (χ2n) is 9.10. The average Bonchev–Trinajstić information content (AvgIpc) is 2.79. The van der Waals surface area contributed by atoms with E-state index in [9.17, 15) is 14.4 Å². The molecule has 174 valence electrons. The Bertz CT molecular complexity index is 1050. The SMILES string of the molecule is CC(=O)N(C(C)=O)c1cc(CCN2CCC3(CC2)c2ccccc2CCN3C(C)=O)ccn1. The van der Waals surface area contributed by atoms with Crippen molar-refractivity contribution in [3.8, 4) is 0 Å². The van der Waals surface area contributed by atoms with Crippen LogP contribution in [0, 0.1) is 0 Å². The van der Waals surface area contributed by atoms with E-state index in [1.165, 1.54) is 25.0 Å². The van der Waals surface area contributed by atoms with Gasteiger partial charge < -0.3 is 9.80 Å². The minimum absolute atomic E-state index is 0.155. The number of anilines is 1. The van der Waals surface area contributed by atoms with Crippen molar-refractivity contribution in [3.05, 3.63) is 59.3 Å². The van der Waals surface area contributed by atoms with E-state index in [0.29, 0.717) is 5.82 Å². The summed E-state index contributed by atoms with van der Waals surface area (Å²) < 4.78 is 0.